The second kappa shape index (κ2) is 6.36. The third-order valence-corrected chi connectivity index (χ3v) is 5.85. The van der Waals surface area contributed by atoms with Crippen LogP contribution in [0.5, 0.6) is 5.75 Å². The van der Waals surface area contributed by atoms with E-state index >= 15 is 0 Å². The highest BCUT2D eigenvalue weighted by Gasteiger charge is 2.38. The summed E-state index contributed by atoms with van der Waals surface area (Å²) in [5.41, 5.74) is 1.75. The average molecular weight is 344 g/mol. The third-order valence-electron chi connectivity index (χ3n) is 4.16. The molecule has 1 aliphatic rings. The lowest BCUT2D eigenvalue weighted by Crippen LogP contribution is -2.27. The van der Waals surface area contributed by atoms with E-state index in [1.165, 1.54) is 0 Å². The van der Waals surface area contributed by atoms with Gasteiger partial charge in [-0.2, -0.15) is 0 Å². The number of hydrogen-bond acceptors (Lipinski definition) is 4. The van der Waals surface area contributed by atoms with Crippen LogP contribution in [0.3, 0.4) is 0 Å². The molecule has 2 atom stereocenters. The Hall–Kier alpha value is -2.21. The van der Waals surface area contributed by atoms with Crippen molar-refractivity contribution in [3.8, 4) is 5.75 Å². The number of rotatable bonds is 5. The summed E-state index contributed by atoms with van der Waals surface area (Å²) in [7, 11) is -1.23. The zero-order valence-electron chi connectivity index (χ0n) is 13.9. The van der Waals surface area contributed by atoms with Gasteiger partial charge in [-0.25, -0.2) is 0 Å². The molecule has 0 radical (unpaired) electrons. The summed E-state index contributed by atoms with van der Waals surface area (Å²) in [6.45, 7) is 5.99. The number of hydrogen-bond donors (Lipinski definition) is 0. The zero-order chi connectivity index (χ0) is 17.3. The van der Waals surface area contributed by atoms with E-state index < -0.39 is 15.7 Å². The van der Waals surface area contributed by atoms with Crippen molar-refractivity contribution in [2.75, 3.05) is 0 Å². The first-order valence-corrected chi connectivity index (χ1v) is 8.93. The van der Waals surface area contributed by atoms with Gasteiger partial charge in [0.15, 0.2) is 4.93 Å². The molecule has 0 spiro atoms. The smallest absolute Gasteiger partial charge is 0.210 e. The SMILES string of the molecule is CC(c1ccc2c(c1)S(=O)C(C)(C)O2)N(C=O)Cc1ccccn1. The standard InChI is InChI=1S/C18H20N2O3S/c1-13(20(12-21)11-15-6-4-5-9-19-15)14-7-8-16-17(10-14)24(22)18(2,3)23-16/h4-10,12-13H,11H2,1-3H3. The minimum Gasteiger partial charge on any atom is -0.473 e. The maximum Gasteiger partial charge on any atom is 0.210 e. The van der Waals surface area contributed by atoms with Crippen molar-refractivity contribution < 1.29 is 13.7 Å². The van der Waals surface area contributed by atoms with Gasteiger partial charge in [0, 0.05) is 6.20 Å². The maximum atomic E-state index is 12.5. The number of carbonyl (C=O) groups is 1. The molecule has 6 heteroatoms. The molecule has 1 amide bonds. The van der Waals surface area contributed by atoms with Crippen LogP contribution in [0.2, 0.25) is 0 Å². The van der Waals surface area contributed by atoms with E-state index in [0.29, 0.717) is 17.2 Å². The molecule has 126 valence electrons. The van der Waals surface area contributed by atoms with Crippen LogP contribution in [0.4, 0.5) is 0 Å². The topological polar surface area (TPSA) is 59.5 Å². The molecule has 0 fully saturated rings. The molecule has 24 heavy (non-hydrogen) atoms. The number of amides is 1. The van der Waals surface area contributed by atoms with Gasteiger partial charge in [0.2, 0.25) is 6.41 Å². The highest BCUT2D eigenvalue weighted by molar-refractivity contribution is 7.86. The Balaban J connectivity index is 1.85. The molecule has 2 unspecified atom stereocenters. The molecule has 1 aromatic carbocycles. The predicted octanol–water partition coefficient (Wildman–Crippen LogP) is 3.04. The molecule has 2 aromatic rings. The molecule has 0 N–H and O–H groups in total. The van der Waals surface area contributed by atoms with Crippen LogP contribution >= 0.6 is 0 Å². The minimum atomic E-state index is -1.23. The lowest BCUT2D eigenvalue weighted by Gasteiger charge is -2.25. The summed E-state index contributed by atoms with van der Waals surface area (Å²) in [6, 6.07) is 11.1. The van der Waals surface area contributed by atoms with Crippen molar-refractivity contribution in [3.05, 3.63) is 53.9 Å². The summed E-state index contributed by atoms with van der Waals surface area (Å²) in [6.07, 6.45) is 2.53. The summed E-state index contributed by atoms with van der Waals surface area (Å²) in [4.78, 5) is 17.4. The van der Waals surface area contributed by atoms with Gasteiger partial charge in [0.1, 0.15) is 16.5 Å². The Bertz CT molecular complexity index is 777. The van der Waals surface area contributed by atoms with E-state index in [0.717, 1.165) is 17.7 Å². The van der Waals surface area contributed by atoms with Crippen LogP contribution in [-0.4, -0.2) is 25.4 Å². The van der Waals surface area contributed by atoms with Crippen molar-refractivity contribution in [2.24, 2.45) is 0 Å². The van der Waals surface area contributed by atoms with Crippen LogP contribution in [0.15, 0.2) is 47.5 Å². The van der Waals surface area contributed by atoms with E-state index in [-0.39, 0.29) is 6.04 Å². The third kappa shape index (κ3) is 3.06. The quantitative estimate of drug-likeness (QED) is 0.782. The number of fused-ring (bicyclic) bond motifs is 1. The van der Waals surface area contributed by atoms with E-state index in [9.17, 15) is 9.00 Å². The molecule has 3 rings (SSSR count). The van der Waals surface area contributed by atoms with Crippen LogP contribution in [0.25, 0.3) is 0 Å². The van der Waals surface area contributed by atoms with Gasteiger partial charge in [-0.05, 0) is 50.6 Å². The lowest BCUT2D eigenvalue weighted by molar-refractivity contribution is -0.120. The van der Waals surface area contributed by atoms with Gasteiger partial charge in [-0.3, -0.25) is 14.0 Å². The average Bonchev–Trinajstić information content (AvgIpc) is 2.82. The molecule has 0 bridgehead atoms. The number of pyridine rings is 1. The zero-order valence-corrected chi connectivity index (χ0v) is 14.7. The first kappa shape index (κ1) is 16.6. The van der Waals surface area contributed by atoms with E-state index in [2.05, 4.69) is 4.98 Å². The highest BCUT2D eigenvalue weighted by Crippen LogP contribution is 2.40. The van der Waals surface area contributed by atoms with Crippen molar-refractivity contribution in [2.45, 2.75) is 43.2 Å². The molecule has 5 nitrogen and oxygen atoms in total. The number of aromatic nitrogens is 1. The maximum absolute atomic E-state index is 12.5. The minimum absolute atomic E-state index is 0.157. The summed E-state index contributed by atoms with van der Waals surface area (Å²) in [5.74, 6) is 0.650. The monoisotopic (exact) mass is 344 g/mol. The van der Waals surface area contributed by atoms with E-state index in [1.54, 1.807) is 11.1 Å². The Morgan fingerprint density at radius 3 is 2.79 bits per heavy atom. The fourth-order valence-corrected chi connectivity index (χ4v) is 3.95. The molecule has 0 saturated carbocycles. The fourth-order valence-electron chi connectivity index (χ4n) is 2.72. The van der Waals surface area contributed by atoms with Gasteiger partial charge in [0.05, 0.1) is 23.2 Å². The van der Waals surface area contributed by atoms with Crippen LogP contribution in [0.1, 0.15) is 38.1 Å². The molecule has 1 aromatic heterocycles. The highest BCUT2D eigenvalue weighted by atomic mass is 32.2. The predicted molar refractivity (Wildman–Crippen MR) is 91.8 cm³/mol. The molecule has 0 saturated heterocycles. The second-order valence-corrected chi connectivity index (χ2v) is 8.21. The molecular formula is C18H20N2O3S. The largest absolute Gasteiger partial charge is 0.473 e. The van der Waals surface area contributed by atoms with Gasteiger partial charge in [-0.1, -0.05) is 12.1 Å². The Morgan fingerprint density at radius 2 is 2.12 bits per heavy atom. The van der Waals surface area contributed by atoms with Crippen LogP contribution in [0, 0.1) is 0 Å². The van der Waals surface area contributed by atoms with Gasteiger partial charge >= 0.3 is 0 Å². The first-order chi connectivity index (χ1) is 11.4. The van der Waals surface area contributed by atoms with Gasteiger partial charge < -0.3 is 9.64 Å². The molecule has 2 heterocycles. The summed E-state index contributed by atoms with van der Waals surface area (Å²) >= 11 is 0. The van der Waals surface area contributed by atoms with Crippen molar-refractivity contribution in [1.29, 1.82) is 0 Å². The van der Waals surface area contributed by atoms with Gasteiger partial charge in [0.25, 0.3) is 0 Å². The number of nitrogens with zero attached hydrogens (tertiary/aromatic N) is 2. The fraction of sp³-hybridized carbons (Fsp3) is 0.333. The Labute approximate surface area is 144 Å². The molecular weight excluding hydrogens is 324 g/mol. The van der Waals surface area contributed by atoms with Gasteiger partial charge in [-0.15, -0.1) is 0 Å². The second-order valence-electron chi connectivity index (χ2n) is 6.25. The van der Waals surface area contributed by atoms with Crippen molar-refractivity contribution in [3.63, 3.8) is 0 Å². The molecule has 1 aliphatic heterocycles. The normalized spacial score (nSPS) is 19.2. The van der Waals surface area contributed by atoms with Crippen molar-refractivity contribution in [1.82, 2.24) is 9.88 Å². The summed E-state index contributed by atoms with van der Waals surface area (Å²) in [5, 5.41) is 0. The Kier molecular flexibility index (Phi) is 4.41. The van der Waals surface area contributed by atoms with E-state index in [4.69, 9.17) is 4.74 Å². The number of benzene rings is 1. The number of ether oxygens (including phenoxy) is 1. The summed E-state index contributed by atoms with van der Waals surface area (Å²) < 4.78 is 18.2. The molecule has 0 aliphatic carbocycles. The van der Waals surface area contributed by atoms with E-state index in [1.807, 2.05) is 57.2 Å². The Morgan fingerprint density at radius 1 is 1.33 bits per heavy atom. The van der Waals surface area contributed by atoms with Crippen LogP contribution in [-0.2, 0) is 22.1 Å². The lowest BCUT2D eigenvalue weighted by atomic mass is 10.1. The van der Waals surface area contributed by atoms with Crippen LogP contribution < -0.4 is 4.74 Å². The first-order valence-electron chi connectivity index (χ1n) is 7.78. The van der Waals surface area contributed by atoms with Crippen molar-refractivity contribution >= 4 is 17.2 Å². The number of carbonyl (C=O) groups excluding carboxylic acids is 1.